The third-order valence-electron chi connectivity index (χ3n) is 3.54. The summed E-state index contributed by atoms with van der Waals surface area (Å²) in [7, 11) is 0. The average Bonchev–Trinajstić information content (AvgIpc) is 3.08. The fourth-order valence-electron chi connectivity index (χ4n) is 2.54. The smallest absolute Gasteiger partial charge is 0.119 e. The Hall–Kier alpha value is -1.54. The lowest BCUT2D eigenvalue weighted by Gasteiger charge is -2.08. The van der Waals surface area contributed by atoms with Gasteiger partial charge in [0.15, 0.2) is 0 Å². The highest BCUT2D eigenvalue weighted by Crippen LogP contribution is 2.51. The van der Waals surface area contributed by atoms with Crippen LogP contribution in [0.25, 0.3) is 10.8 Å². The fourth-order valence-corrected chi connectivity index (χ4v) is 2.54. The summed E-state index contributed by atoms with van der Waals surface area (Å²) in [6.07, 6.45) is 1.11. The van der Waals surface area contributed by atoms with Gasteiger partial charge < -0.3 is 10.8 Å². The number of phenolic OH excluding ortho intramolecular Hbond substituents is 1. The monoisotopic (exact) mass is 213 g/mol. The molecule has 3 N–H and O–H groups in total. The molecule has 2 heteroatoms. The number of aromatic hydroxyl groups is 1. The second-order valence-corrected chi connectivity index (χ2v) is 4.56. The van der Waals surface area contributed by atoms with E-state index in [0.29, 0.717) is 24.1 Å². The van der Waals surface area contributed by atoms with Gasteiger partial charge in [-0.25, -0.2) is 0 Å². The molecule has 0 heterocycles. The van der Waals surface area contributed by atoms with Crippen LogP contribution >= 0.6 is 0 Å². The van der Waals surface area contributed by atoms with Crippen molar-refractivity contribution in [2.45, 2.75) is 12.3 Å². The molecule has 2 nitrogen and oxygen atoms in total. The minimum atomic E-state index is 0.416. The van der Waals surface area contributed by atoms with Crippen molar-refractivity contribution in [3.05, 3.63) is 42.0 Å². The quantitative estimate of drug-likeness (QED) is 0.805. The van der Waals surface area contributed by atoms with Crippen LogP contribution < -0.4 is 5.73 Å². The number of phenols is 1. The third kappa shape index (κ3) is 1.38. The number of rotatable bonds is 2. The van der Waals surface area contributed by atoms with Crippen LogP contribution in [0.5, 0.6) is 5.75 Å². The Morgan fingerprint density at radius 2 is 2.00 bits per heavy atom. The first kappa shape index (κ1) is 9.67. The first-order chi connectivity index (χ1) is 7.81. The van der Waals surface area contributed by atoms with Crippen molar-refractivity contribution in [3.63, 3.8) is 0 Å². The molecule has 0 amide bonds. The molecule has 2 aromatic carbocycles. The Balaban J connectivity index is 2.18. The summed E-state index contributed by atoms with van der Waals surface area (Å²) in [5, 5.41) is 12.4. The molecule has 82 valence electrons. The van der Waals surface area contributed by atoms with Crippen molar-refractivity contribution in [1.29, 1.82) is 0 Å². The lowest BCUT2D eigenvalue weighted by atomic mass is 9.99. The van der Waals surface area contributed by atoms with Gasteiger partial charge in [0, 0.05) is 5.56 Å². The molecule has 1 aliphatic rings. The molecule has 1 aliphatic carbocycles. The standard InChI is InChI=1S/C14H15NO/c15-8-10-7-12(10)14-11-4-2-1-3-9(11)5-6-13(14)16/h1-6,10,12,16H,7-8,15H2/t10-,12+/m0/s1. The van der Waals surface area contributed by atoms with Crippen molar-refractivity contribution in [2.24, 2.45) is 11.7 Å². The van der Waals surface area contributed by atoms with Gasteiger partial charge in [0.2, 0.25) is 0 Å². The summed E-state index contributed by atoms with van der Waals surface area (Å²) in [5.74, 6) is 1.42. The van der Waals surface area contributed by atoms with Crippen LogP contribution in [0.15, 0.2) is 36.4 Å². The van der Waals surface area contributed by atoms with Gasteiger partial charge in [0.05, 0.1) is 0 Å². The van der Waals surface area contributed by atoms with Gasteiger partial charge in [-0.1, -0.05) is 30.3 Å². The van der Waals surface area contributed by atoms with Gasteiger partial charge in [0.25, 0.3) is 0 Å². The van der Waals surface area contributed by atoms with Gasteiger partial charge >= 0.3 is 0 Å². The molecule has 0 unspecified atom stereocenters. The molecule has 16 heavy (non-hydrogen) atoms. The summed E-state index contributed by atoms with van der Waals surface area (Å²) in [6, 6.07) is 12.0. The Bertz CT molecular complexity index is 535. The van der Waals surface area contributed by atoms with E-state index in [1.807, 2.05) is 18.2 Å². The summed E-state index contributed by atoms with van der Waals surface area (Å²) >= 11 is 0. The maximum Gasteiger partial charge on any atom is 0.119 e. The van der Waals surface area contributed by atoms with Crippen molar-refractivity contribution < 1.29 is 5.11 Å². The molecule has 0 bridgehead atoms. The molecule has 1 fully saturated rings. The molecule has 2 atom stereocenters. The molecule has 2 aromatic rings. The third-order valence-corrected chi connectivity index (χ3v) is 3.54. The van der Waals surface area contributed by atoms with Gasteiger partial charge in [-0.05, 0) is 41.6 Å². The molecular formula is C14H15NO. The van der Waals surface area contributed by atoms with Crippen LogP contribution in [-0.4, -0.2) is 11.7 Å². The zero-order valence-electron chi connectivity index (χ0n) is 9.06. The lowest BCUT2D eigenvalue weighted by Crippen LogP contribution is -2.02. The van der Waals surface area contributed by atoms with Crippen LogP contribution in [0, 0.1) is 5.92 Å². The largest absolute Gasteiger partial charge is 0.508 e. The van der Waals surface area contributed by atoms with Crippen molar-refractivity contribution in [1.82, 2.24) is 0 Å². The summed E-state index contributed by atoms with van der Waals surface area (Å²) in [5.41, 5.74) is 6.77. The predicted molar refractivity (Wildman–Crippen MR) is 65.5 cm³/mol. The van der Waals surface area contributed by atoms with Crippen LogP contribution in [-0.2, 0) is 0 Å². The number of fused-ring (bicyclic) bond motifs is 1. The van der Waals surface area contributed by atoms with Crippen LogP contribution in [0.1, 0.15) is 17.9 Å². The Morgan fingerprint density at radius 3 is 2.75 bits per heavy atom. The van der Waals surface area contributed by atoms with Crippen LogP contribution in [0.2, 0.25) is 0 Å². The maximum atomic E-state index is 9.99. The zero-order valence-corrected chi connectivity index (χ0v) is 9.06. The van der Waals surface area contributed by atoms with Crippen molar-refractivity contribution in [2.75, 3.05) is 6.54 Å². The van der Waals surface area contributed by atoms with Crippen LogP contribution in [0.3, 0.4) is 0 Å². The molecule has 0 aromatic heterocycles. The van der Waals surface area contributed by atoms with Gasteiger partial charge in [0.1, 0.15) is 5.75 Å². The highest BCUT2D eigenvalue weighted by atomic mass is 16.3. The highest BCUT2D eigenvalue weighted by molar-refractivity contribution is 5.88. The maximum absolute atomic E-state index is 9.99. The van der Waals surface area contributed by atoms with Crippen molar-refractivity contribution >= 4 is 10.8 Å². The van der Waals surface area contributed by atoms with E-state index >= 15 is 0 Å². The molecule has 0 saturated heterocycles. The summed E-state index contributed by atoms with van der Waals surface area (Å²) < 4.78 is 0. The number of hydrogen-bond donors (Lipinski definition) is 2. The molecule has 1 saturated carbocycles. The van der Waals surface area contributed by atoms with E-state index in [4.69, 9.17) is 5.73 Å². The Labute approximate surface area is 94.7 Å². The van der Waals surface area contributed by atoms with E-state index in [0.717, 1.165) is 12.0 Å². The summed E-state index contributed by atoms with van der Waals surface area (Å²) in [4.78, 5) is 0. The van der Waals surface area contributed by atoms with E-state index < -0.39 is 0 Å². The minimum absolute atomic E-state index is 0.416. The van der Waals surface area contributed by atoms with E-state index in [2.05, 4.69) is 12.1 Å². The number of hydrogen-bond acceptors (Lipinski definition) is 2. The van der Waals surface area contributed by atoms with Gasteiger partial charge in [-0.2, -0.15) is 0 Å². The normalized spacial score (nSPS) is 23.6. The fraction of sp³-hybridized carbons (Fsp3) is 0.286. The molecule has 3 rings (SSSR count). The number of nitrogens with two attached hydrogens (primary N) is 1. The first-order valence-electron chi connectivity index (χ1n) is 5.72. The highest BCUT2D eigenvalue weighted by Gasteiger charge is 2.39. The average molecular weight is 213 g/mol. The van der Waals surface area contributed by atoms with E-state index in [9.17, 15) is 5.11 Å². The number of benzene rings is 2. The first-order valence-corrected chi connectivity index (χ1v) is 5.72. The lowest BCUT2D eigenvalue weighted by molar-refractivity contribution is 0.468. The molecule has 0 radical (unpaired) electrons. The zero-order chi connectivity index (χ0) is 11.1. The van der Waals surface area contributed by atoms with Gasteiger partial charge in [-0.3, -0.25) is 0 Å². The van der Waals surface area contributed by atoms with E-state index in [1.54, 1.807) is 6.07 Å². The molecular weight excluding hydrogens is 198 g/mol. The van der Waals surface area contributed by atoms with Crippen molar-refractivity contribution in [3.8, 4) is 5.75 Å². The predicted octanol–water partition coefficient (Wildman–Crippen LogP) is 2.61. The topological polar surface area (TPSA) is 46.2 Å². The summed E-state index contributed by atoms with van der Waals surface area (Å²) in [6.45, 7) is 0.716. The second-order valence-electron chi connectivity index (χ2n) is 4.56. The van der Waals surface area contributed by atoms with Crippen LogP contribution in [0.4, 0.5) is 0 Å². The van der Waals surface area contributed by atoms with E-state index in [-0.39, 0.29) is 0 Å². The van der Waals surface area contributed by atoms with Gasteiger partial charge in [-0.15, -0.1) is 0 Å². The molecule has 0 spiro atoms. The SMILES string of the molecule is NC[C@@H]1C[C@H]1c1c(O)ccc2ccccc12. The Morgan fingerprint density at radius 1 is 1.19 bits per heavy atom. The Kier molecular flexibility index (Phi) is 2.11. The minimum Gasteiger partial charge on any atom is -0.508 e. The molecule has 0 aliphatic heterocycles. The van der Waals surface area contributed by atoms with E-state index in [1.165, 1.54) is 10.8 Å². The second kappa shape index (κ2) is 3.49.